The molecule has 0 radical (unpaired) electrons. The van der Waals surface area contributed by atoms with Crippen LogP contribution in [0.2, 0.25) is 0 Å². The van der Waals surface area contributed by atoms with Gasteiger partial charge in [0, 0.05) is 5.54 Å². The van der Waals surface area contributed by atoms with Gasteiger partial charge in [0.05, 0.1) is 0 Å². The van der Waals surface area contributed by atoms with Crippen molar-refractivity contribution in [1.29, 1.82) is 0 Å². The van der Waals surface area contributed by atoms with E-state index in [-0.39, 0.29) is 43.3 Å². The molecule has 1 aliphatic carbocycles. The molecule has 0 heterocycles. The monoisotopic (exact) mass is 379 g/mol. The van der Waals surface area contributed by atoms with Crippen molar-refractivity contribution in [2.75, 3.05) is 13.6 Å². The third-order valence-corrected chi connectivity index (χ3v) is 2.68. The maximum absolute atomic E-state index is 2.42. The Bertz CT molecular complexity index is 135. The van der Waals surface area contributed by atoms with Crippen LogP contribution in [0.3, 0.4) is 0 Å². The van der Waals surface area contributed by atoms with Gasteiger partial charge in [0.25, 0.3) is 0 Å². The van der Waals surface area contributed by atoms with Gasteiger partial charge in [-0.3, -0.25) is 0 Å². The second kappa shape index (κ2) is 9.92. The van der Waals surface area contributed by atoms with Crippen molar-refractivity contribution in [1.82, 2.24) is 4.90 Å². The van der Waals surface area contributed by atoms with Crippen LogP contribution < -0.4 is 0 Å². The largest absolute Gasteiger partial charge is 4.00 e. The van der Waals surface area contributed by atoms with Gasteiger partial charge in [0.2, 0.25) is 0 Å². The topological polar surface area (TPSA) is 3.24 Å². The van der Waals surface area contributed by atoms with Crippen molar-refractivity contribution in [3.63, 3.8) is 0 Å². The Hall–Kier alpha value is 0.388. The van der Waals surface area contributed by atoms with Crippen LogP contribution in [-0.4, -0.2) is 24.0 Å². The molecule has 0 saturated carbocycles. The molecular weight excluding hydrogens is 353 g/mol. The molecule has 14 heavy (non-hydrogen) atoms. The van der Waals surface area contributed by atoms with Crippen LogP contribution in [0, 0.1) is 22.3 Å². The number of hydrogen-bond acceptors (Lipinski definition) is 1. The summed E-state index contributed by atoms with van der Waals surface area (Å²) in [6, 6.07) is 0. The third kappa shape index (κ3) is 5.31. The summed E-state index contributed by atoms with van der Waals surface area (Å²) in [5.41, 5.74) is 0.425. The second-order valence-electron chi connectivity index (χ2n) is 3.39. The first-order valence-electron chi connectivity index (χ1n) is 4.05. The van der Waals surface area contributed by atoms with E-state index in [4.69, 9.17) is 0 Å². The summed E-state index contributed by atoms with van der Waals surface area (Å²) in [6.45, 7) is 5.69. The van der Waals surface area contributed by atoms with Gasteiger partial charge in [-0.1, -0.05) is 19.1 Å². The molecule has 2 heteroatoms. The zero-order valence-corrected chi connectivity index (χ0v) is 12.8. The summed E-state index contributed by atoms with van der Waals surface area (Å²) in [7, 11) is 2.20. The molecule has 1 aliphatic rings. The molecule has 0 saturated heterocycles. The summed E-state index contributed by atoms with van der Waals surface area (Å²) in [5.74, 6) is 0. The molecule has 0 unspecified atom stereocenters. The maximum atomic E-state index is 2.42. The first-order valence-corrected chi connectivity index (χ1v) is 4.05. The zero-order valence-electron chi connectivity index (χ0n) is 10.5. The first-order chi connectivity index (χ1) is 4.69. The van der Waals surface area contributed by atoms with E-state index in [1.54, 1.807) is 0 Å². The number of hydrogen-bond donors (Lipinski definition) is 0. The molecule has 0 amide bonds. The van der Waals surface area contributed by atoms with Gasteiger partial charge in [-0.2, -0.15) is 0 Å². The second-order valence-corrected chi connectivity index (χ2v) is 3.39. The molecular formula is C12H26NPt+. The Morgan fingerprint density at radius 3 is 1.79 bits per heavy atom. The standard InChI is InChI=1S/C9H17N.3CH3.Pt/c1-4-10(3)9(2)7-5-6-8-9;;;;/h5-6H,4,7-8H2,1-3H3;3*1H3;/q;3*-1;+4. The molecule has 0 fully saturated rings. The predicted molar refractivity (Wildman–Crippen MR) is 64.3 cm³/mol. The fraction of sp³-hybridized carbons (Fsp3) is 0.583. The van der Waals surface area contributed by atoms with E-state index in [1.807, 2.05) is 0 Å². The molecule has 0 spiro atoms. The Morgan fingerprint density at radius 2 is 1.50 bits per heavy atom. The van der Waals surface area contributed by atoms with E-state index in [9.17, 15) is 0 Å². The molecule has 88 valence electrons. The summed E-state index contributed by atoms with van der Waals surface area (Å²) in [6.07, 6.45) is 7.01. The number of nitrogens with zero attached hydrogens (tertiary/aromatic N) is 1. The van der Waals surface area contributed by atoms with Crippen LogP contribution in [0.5, 0.6) is 0 Å². The summed E-state index contributed by atoms with van der Waals surface area (Å²) >= 11 is 0. The minimum Gasteiger partial charge on any atom is -0.358 e. The average Bonchev–Trinajstić information content (AvgIpc) is 2.36. The van der Waals surface area contributed by atoms with E-state index < -0.39 is 0 Å². The molecule has 0 aromatic heterocycles. The Kier molecular flexibility index (Phi) is 16.9. The molecule has 1 nitrogen and oxygen atoms in total. The van der Waals surface area contributed by atoms with Crippen molar-refractivity contribution in [2.45, 2.75) is 32.2 Å². The minimum absolute atomic E-state index is 0. The molecule has 0 atom stereocenters. The average molecular weight is 379 g/mol. The van der Waals surface area contributed by atoms with Crippen LogP contribution in [0.25, 0.3) is 0 Å². The predicted octanol–water partition coefficient (Wildman–Crippen LogP) is 3.40. The molecule has 0 aromatic rings. The maximum Gasteiger partial charge on any atom is 4.00 e. The van der Waals surface area contributed by atoms with Gasteiger partial charge in [-0.25, -0.2) is 0 Å². The van der Waals surface area contributed by atoms with Gasteiger partial charge in [0.15, 0.2) is 0 Å². The summed E-state index contributed by atoms with van der Waals surface area (Å²) in [4.78, 5) is 2.42. The van der Waals surface area contributed by atoms with Crippen molar-refractivity contribution < 1.29 is 21.1 Å². The van der Waals surface area contributed by atoms with Crippen molar-refractivity contribution >= 4 is 0 Å². The zero-order chi connectivity index (χ0) is 7.61. The Morgan fingerprint density at radius 1 is 1.14 bits per heavy atom. The van der Waals surface area contributed by atoms with E-state index >= 15 is 0 Å². The van der Waals surface area contributed by atoms with Gasteiger partial charge < -0.3 is 27.2 Å². The van der Waals surface area contributed by atoms with E-state index in [2.05, 4.69) is 37.9 Å². The first kappa shape index (κ1) is 23.9. The third-order valence-electron chi connectivity index (χ3n) is 2.68. The summed E-state index contributed by atoms with van der Waals surface area (Å²) in [5, 5.41) is 0. The Balaban J connectivity index is -0.000000125. The molecule has 0 aliphatic heterocycles. The summed E-state index contributed by atoms with van der Waals surface area (Å²) < 4.78 is 0. The van der Waals surface area contributed by atoms with Gasteiger partial charge >= 0.3 is 21.1 Å². The fourth-order valence-electron chi connectivity index (χ4n) is 1.45. The van der Waals surface area contributed by atoms with Gasteiger partial charge in [-0.15, -0.1) is 0 Å². The molecule has 0 N–H and O–H groups in total. The van der Waals surface area contributed by atoms with Crippen molar-refractivity contribution in [3.05, 3.63) is 34.4 Å². The molecule has 0 aromatic carbocycles. The smallest absolute Gasteiger partial charge is 0.358 e. The van der Waals surface area contributed by atoms with Crippen molar-refractivity contribution in [3.8, 4) is 0 Å². The van der Waals surface area contributed by atoms with Crippen LogP contribution in [-0.2, 0) is 21.1 Å². The normalized spacial score (nSPS) is 16.0. The quantitative estimate of drug-likeness (QED) is 0.525. The van der Waals surface area contributed by atoms with Gasteiger partial charge in [0.1, 0.15) is 0 Å². The van der Waals surface area contributed by atoms with E-state index in [0.717, 1.165) is 6.54 Å². The van der Waals surface area contributed by atoms with E-state index in [0.29, 0.717) is 5.54 Å². The van der Waals surface area contributed by atoms with Crippen LogP contribution >= 0.6 is 0 Å². The van der Waals surface area contributed by atoms with Crippen molar-refractivity contribution in [2.24, 2.45) is 0 Å². The van der Waals surface area contributed by atoms with Crippen LogP contribution in [0.15, 0.2) is 12.2 Å². The molecule has 1 rings (SSSR count). The minimum atomic E-state index is 0. The fourth-order valence-corrected chi connectivity index (χ4v) is 1.45. The number of rotatable bonds is 2. The van der Waals surface area contributed by atoms with Crippen LogP contribution in [0.4, 0.5) is 0 Å². The molecule has 0 bridgehead atoms. The Labute approximate surface area is 106 Å². The van der Waals surface area contributed by atoms with Gasteiger partial charge in [-0.05, 0) is 33.4 Å². The van der Waals surface area contributed by atoms with Crippen LogP contribution in [0.1, 0.15) is 26.7 Å². The SMILES string of the molecule is CCN(C)C1(C)CC=CC1.[CH3-].[CH3-].[CH3-].[Pt+4]. The van der Waals surface area contributed by atoms with E-state index in [1.165, 1.54) is 12.8 Å².